The van der Waals surface area contributed by atoms with Gasteiger partial charge in [-0.2, -0.15) is 0 Å². The third-order valence-electron chi connectivity index (χ3n) is 3.68. The maximum atomic E-state index is 13.0. The van der Waals surface area contributed by atoms with E-state index in [1.165, 1.54) is 18.6 Å². The second-order valence-corrected chi connectivity index (χ2v) is 5.52. The highest BCUT2D eigenvalue weighted by atomic mass is 19.1. The van der Waals surface area contributed by atoms with Crippen LogP contribution < -0.4 is 5.32 Å². The van der Waals surface area contributed by atoms with Gasteiger partial charge in [-0.25, -0.2) is 9.37 Å². The molecule has 3 rings (SSSR count). The van der Waals surface area contributed by atoms with Crippen LogP contribution in [0.25, 0.3) is 11.0 Å². The molecule has 1 aromatic heterocycles. The van der Waals surface area contributed by atoms with Crippen molar-refractivity contribution in [1.82, 2.24) is 9.97 Å². The number of H-pyrrole nitrogens is 1. The van der Waals surface area contributed by atoms with E-state index in [1.54, 1.807) is 6.07 Å². The first-order valence-corrected chi connectivity index (χ1v) is 5.94. The zero-order chi connectivity index (χ0) is 12.0. The monoisotopic (exact) mass is 233 g/mol. The quantitative estimate of drug-likeness (QED) is 0.855. The number of hydrogen-bond donors (Lipinski definition) is 2. The zero-order valence-corrected chi connectivity index (χ0v) is 10.0. The van der Waals surface area contributed by atoms with Crippen molar-refractivity contribution in [2.24, 2.45) is 11.3 Å². The number of rotatable bonds is 3. The first kappa shape index (κ1) is 10.6. The predicted octanol–water partition coefficient (Wildman–Crippen LogP) is 3.16. The zero-order valence-electron chi connectivity index (χ0n) is 10.0. The predicted molar refractivity (Wildman–Crippen MR) is 66.4 cm³/mol. The molecular formula is C13H16FN3. The molecule has 1 atom stereocenters. The average Bonchev–Trinajstić information content (AvgIpc) is 2.71. The minimum absolute atomic E-state index is 0.240. The molecule has 2 N–H and O–H groups in total. The Bertz CT molecular complexity index is 559. The molecule has 0 amide bonds. The SMILES string of the molecule is CC1(C)CC1CNc1nc2ccc(F)cc2[nH]1. The number of benzene rings is 1. The largest absolute Gasteiger partial charge is 0.356 e. The molecule has 4 heteroatoms. The first-order valence-electron chi connectivity index (χ1n) is 5.94. The van der Waals surface area contributed by atoms with E-state index in [1.807, 2.05) is 0 Å². The Hall–Kier alpha value is -1.58. The lowest BCUT2D eigenvalue weighted by Gasteiger charge is -2.03. The van der Waals surface area contributed by atoms with Crippen molar-refractivity contribution in [2.75, 3.05) is 11.9 Å². The van der Waals surface area contributed by atoms with Crippen LogP contribution in [0.3, 0.4) is 0 Å². The van der Waals surface area contributed by atoms with Gasteiger partial charge < -0.3 is 10.3 Å². The second-order valence-electron chi connectivity index (χ2n) is 5.52. The number of aromatic amines is 1. The fourth-order valence-electron chi connectivity index (χ4n) is 2.21. The molecule has 90 valence electrons. The van der Waals surface area contributed by atoms with Crippen molar-refractivity contribution in [3.05, 3.63) is 24.0 Å². The van der Waals surface area contributed by atoms with E-state index < -0.39 is 0 Å². The van der Waals surface area contributed by atoms with Crippen molar-refractivity contribution in [3.63, 3.8) is 0 Å². The van der Waals surface area contributed by atoms with Crippen LogP contribution in [0.15, 0.2) is 18.2 Å². The van der Waals surface area contributed by atoms with E-state index in [-0.39, 0.29) is 5.82 Å². The molecule has 0 bridgehead atoms. The van der Waals surface area contributed by atoms with Gasteiger partial charge in [0.1, 0.15) is 5.82 Å². The number of imidazole rings is 1. The number of anilines is 1. The maximum absolute atomic E-state index is 13.0. The van der Waals surface area contributed by atoms with Gasteiger partial charge in [0, 0.05) is 6.54 Å². The van der Waals surface area contributed by atoms with Gasteiger partial charge in [0.05, 0.1) is 11.0 Å². The van der Waals surface area contributed by atoms with Gasteiger partial charge in [-0.3, -0.25) is 0 Å². The molecule has 2 aromatic rings. The fourth-order valence-corrected chi connectivity index (χ4v) is 2.21. The first-order chi connectivity index (χ1) is 8.04. The number of fused-ring (bicyclic) bond motifs is 1. The summed E-state index contributed by atoms with van der Waals surface area (Å²) < 4.78 is 13.0. The van der Waals surface area contributed by atoms with Gasteiger partial charge in [0.25, 0.3) is 0 Å². The summed E-state index contributed by atoms with van der Waals surface area (Å²) in [5.74, 6) is 1.21. The molecule has 0 saturated heterocycles. The summed E-state index contributed by atoms with van der Waals surface area (Å²) in [4.78, 5) is 7.45. The summed E-state index contributed by atoms with van der Waals surface area (Å²) in [5.41, 5.74) is 2.00. The Morgan fingerprint density at radius 1 is 1.53 bits per heavy atom. The molecule has 0 spiro atoms. The van der Waals surface area contributed by atoms with E-state index in [9.17, 15) is 4.39 Å². The smallest absolute Gasteiger partial charge is 0.201 e. The fraction of sp³-hybridized carbons (Fsp3) is 0.462. The van der Waals surface area contributed by atoms with Crippen LogP contribution in [0.5, 0.6) is 0 Å². The molecule has 0 radical (unpaired) electrons. The minimum Gasteiger partial charge on any atom is -0.356 e. The van der Waals surface area contributed by atoms with Crippen LogP contribution in [0.1, 0.15) is 20.3 Å². The average molecular weight is 233 g/mol. The minimum atomic E-state index is -0.240. The molecule has 1 aromatic carbocycles. The van der Waals surface area contributed by atoms with Crippen LogP contribution in [-0.2, 0) is 0 Å². The van der Waals surface area contributed by atoms with Gasteiger partial charge in [-0.05, 0) is 36.0 Å². The lowest BCUT2D eigenvalue weighted by molar-refractivity contribution is 0.572. The van der Waals surface area contributed by atoms with Crippen molar-refractivity contribution < 1.29 is 4.39 Å². The molecular weight excluding hydrogens is 217 g/mol. The van der Waals surface area contributed by atoms with Crippen molar-refractivity contribution >= 4 is 17.0 Å². The molecule has 1 aliphatic carbocycles. The standard InChI is InChI=1S/C13H16FN3/c1-13(2)6-8(13)7-15-12-16-10-4-3-9(14)5-11(10)17-12/h3-5,8H,6-7H2,1-2H3,(H2,15,16,17). The van der Waals surface area contributed by atoms with Crippen molar-refractivity contribution in [3.8, 4) is 0 Å². The molecule has 1 saturated carbocycles. The van der Waals surface area contributed by atoms with E-state index >= 15 is 0 Å². The lowest BCUT2D eigenvalue weighted by atomic mass is 10.1. The molecule has 1 fully saturated rings. The Labute approximate surface area is 99.4 Å². The van der Waals surface area contributed by atoms with Crippen molar-refractivity contribution in [1.29, 1.82) is 0 Å². The van der Waals surface area contributed by atoms with Crippen molar-refractivity contribution in [2.45, 2.75) is 20.3 Å². The summed E-state index contributed by atoms with van der Waals surface area (Å²) in [6.07, 6.45) is 1.26. The third kappa shape index (κ3) is 1.99. The summed E-state index contributed by atoms with van der Waals surface area (Å²) >= 11 is 0. The Morgan fingerprint density at radius 3 is 3.00 bits per heavy atom. The van der Waals surface area contributed by atoms with Crippen LogP contribution in [-0.4, -0.2) is 16.5 Å². The van der Waals surface area contributed by atoms with E-state index in [2.05, 4.69) is 29.1 Å². The molecule has 17 heavy (non-hydrogen) atoms. The normalized spacial score (nSPS) is 21.7. The van der Waals surface area contributed by atoms with E-state index in [4.69, 9.17) is 0 Å². The van der Waals surface area contributed by atoms with Crippen LogP contribution in [0, 0.1) is 17.2 Å². The molecule has 1 heterocycles. The van der Waals surface area contributed by atoms with Gasteiger partial charge in [0.15, 0.2) is 0 Å². The Kier molecular flexibility index (Phi) is 2.15. The summed E-state index contributed by atoms with van der Waals surface area (Å²) in [5, 5.41) is 3.28. The van der Waals surface area contributed by atoms with E-state index in [0.717, 1.165) is 23.5 Å². The van der Waals surface area contributed by atoms with Gasteiger partial charge in [-0.1, -0.05) is 13.8 Å². The number of aromatic nitrogens is 2. The molecule has 1 aliphatic rings. The van der Waals surface area contributed by atoms with Crippen LogP contribution >= 0.6 is 0 Å². The number of nitrogens with one attached hydrogen (secondary N) is 2. The third-order valence-corrected chi connectivity index (χ3v) is 3.68. The van der Waals surface area contributed by atoms with Gasteiger partial charge >= 0.3 is 0 Å². The Balaban J connectivity index is 1.73. The number of hydrogen-bond acceptors (Lipinski definition) is 2. The lowest BCUT2D eigenvalue weighted by Crippen LogP contribution is -2.08. The number of halogens is 1. The van der Waals surface area contributed by atoms with Crippen LogP contribution in [0.2, 0.25) is 0 Å². The Morgan fingerprint density at radius 2 is 2.29 bits per heavy atom. The van der Waals surface area contributed by atoms with Gasteiger partial charge in [-0.15, -0.1) is 0 Å². The molecule has 0 aliphatic heterocycles. The summed E-state index contributed by atoms with van der Waals surface area (Å²) in [6.45, 7) is 5.47. The maximum Gasteiger partial charge on any atom is 0.201 e. The highest BCUT2D eigenvalue weighted by Crippen LogP contribution is 2.51. The number of nitrogens with zero attached hydrogens (tertiary/aromatic N) is 1. The highest BCUT2D eigenvalue weighted by molar-refractivity contribution is 5.77. The van der Waals surface area contributed by atoms with E-state index in [0.29, 0.717) is 11.3 Å². The van der Waals surface area contributed by atoms with Gasteiger partial charge in [0.2, 0.25) is 5.95 Å². The second kappa shape index (κ2) is 3.45. The topological polar surface area (TPSA) is 40.7 Å². The van der Waals surface area contributed by atoms with Crippen LogP contribution in [0.4, 0.5) is 10.3 Å². The highest BCUT2D eigenvalue weighted by Gasteiger charge is 2.45. The summed E-state index contributed by atoms with van der Waals surface area (Å²) in [7, 11) is 0. The summed E-state index contributed by atoms with van der Waals surface area (Å²) in [6, 6.07) is 4.58. The molecule has 1 unspecified atom stereocenters. The molecule has 3 nitrogen and oxygen atoms in total.